The predicted octanol–water partition coefficient (Wildman–Crippen LogP) is 6.72. The molecule has 5 rings (SSSR count). The molecule has 0 aliphatic heterocycles. The first-order valence-corrected chi connectivity index (χ1v) is 11.7. The second-order valence-electron chi connectivity index (χ2n) is 8.92. The first-order chi connectivity index (χ1) is 16.1. The molecule has 5 nitrogen and oxygen atoms in total. The van der Waals surface area contributed by atoms with E-state index in [-0.39, 0.29) is 11.9 Å². The molecule has 33 heavy (non-hydrogen) atoms. The first kappa shape index (κ1) is 21.3. The van der Waals surface area contributed by atoms with Crippen LogP contribution in [0.5, 0.6) is 0 Å². The van der Waals surface area contributed by atoms with Gasteiger partial charge in [-0.05, 0) is 44.4 Å². The maximum absolute atomic E-state index is 12.9. The van der Waals surface area contributed by atoms with Gasteiger partial charge in [-0.25, -0.2) is 4.98 Å². The van der Waals surface area contributed by atoms with E-state index < -0.39 is 0 Å². The number of carbonyl (C=O) groups excluding carboxylic acids is 1. The van der Waals surface area contributed by atoms with Gasteiger partial charge < -0.3 is 14.3 Å². The number of amides is 1. The van der Waals surface area contributed by atoms with Crippen LogP contribution in [0.1, 0.15) is 66.4 Å². The van der Waals surface area contributed by atoms with Crippen molar-refractivity contribution in [3.63, 3.8) is 0 Å². The molecule has 1 aliphatic rings. The number of aromatic nitrogens is 2. The summed E-state index contributed by atoms with van der Waals surface area (Å²) in [6.07, 6.45) is 6.66. The summed E-state index contributed by atoms with van der Waals surface area (Å²) in [5.74, 6) is 0.760. The van der Waals surface area contributed by atoms with Gasteiger partial charge in [0.2, 0.25) is 0 Å². The SMILES string of the molecule is Cc1ccc(-c2ncn(C3CCCC3)c2-c2ccc(C(=O)N[C@H](C)c3ccccc3)o2)cc1. The van der Waals surface area contributed by atoms with Gasteiger partial charge in [-0.2, -0.15) is 0 Å². The second-order valence-corrected chi connectivity index (χ2v) is 8.92. The zero-order chi connectivity index (χ0) is 22.8. The zero-order valence-corrected chi connectivity index (χ0v) is 19.1. The van der Waals surface area contributed by atoms with Crippen molar-refractivity contribution in [3.05, 3.63) is 89.9 Å². The topological polar surface area (TPSA) is 60.1 Å². The van der Waals surface area contributed by atoms with E-state index in [1.807, 2.05) is 49.6 Å². The molecule has 1 saturated carbocycles. The molecule has 0 spiro atoms. The Labute approximate surface area is 194 Å². The molecule has 1 aliphatic carbocycles. The van der Waals surface area contributed by atoms with Crippen LogP contribution in [0.25, 0.3) is 22.7 Å². The molecule has 4 aromatic rings. The number of rotatable bonds is 6. The van der Waals surface area contributed by atoms with Crippen molar-refractivity contribution in [2.24, 2.45) is 0 Å². The fourth-order valence-corrected chi connectivity index (χ4v) is 4.67. The number of carbonyl (C=O) groups is 1. The highest BCUT2D eigenvalue weighted by Crippen LogP contribution is 2.39. The van der Waals surface area contributed by atoms with Crippen LogP contribution in [0.4, 0.5) is 0 Å². The molecule has 1 fully saturated rings. The smallest absolute Gasteiger partial charge is 0.287 e. The molecule has 2 aromatic heterocycles. The summed E-state index contributed by atoms with van der Waals surface area (Å²) < 4.78 is 8.39. The lowest BCUT2D eigenvalue weighted by atomic mass is 10.1. The summed E-state index contributed by atoms with van der Waals surface area (Å²) in [6.45, 7) is 4.05. The minimum absolute atomic E-state index is 0.112. The lowest BCUT2D eigenvalue weighted by Crippen LogP contribution is -2.26. The maximum Gasteiger partial charge on any atom is 0.287 e. The van der Waals surface area contributed by atoms with Crippen molar-refractivity contribution < 1.29 is 9.21 Å². The largest absolute Gasteiger partial charge is 0.449 e. The van der Waals surface area contributed by atoms with Gasteiger partial charge in [0.05, 0.1) is 18.1 Å². The van der Waals surface area contributed by atoms with Gasteiger partial charge in [0.1, 0.15) is 5.69 Å². The quantitative estimate of drug-likeness (QED) is 0.362. The fourth-order valence-electron chi connectivity index (χ4n) is 4.67. The van der Waals surface area contributed by atoms with Crippen LogP contribution in [-0.2, 0) is 0 Å². The van der Waals surface area contributed by atoms with Gasteiger partial charge in [0.15, 0.2) is 11.5 Å². The maximum atomic E-state index is 12.9. The van der Waals surface area contributed by atoms with E-state index in [9.17, 15) is 4.79 Å². The Balaban J connectivity index is 1.47. The van der Waals surface area contributed by atoms with Crippen LogP contribution in [-0.4, -0.2) is 15.5 Å². The molecule has 1 atom stereocenters. The highest BCUT2D eigenvalue weighted by Gasteiger charge is 2.26. The summed E-state index contributed by atoms with van der Waals surface area (Å²) >= 11 is 0. The predicted molar refractivity (Wildman–Crippen MR) is 130 cm³/mol. The number of aryl methyl sites for hydroxylation is 1. The number of hydrogen-bond acceptors (Lipinski definition) is 3. The number of benzene rings is 2. The minimum Gasteiger partial charge on any atom is -0.449 e. The van der Waals surface area contributed by atoms with Crippen LogP contribution >= 0.6 is 0 Å². The third kappa shape index (κ3) is 4.36. The molecule has 2 aromatic carbocycles. The van der Waals surface area contributed by atoms with E-state index in [2.05, 4.69) is 41.1 Å². The molecule has 168 valence electrons. The molecular weight excluding hydrogens is 410 g/mol. The average Bonchev–Trinajstić information content (AvgIpc) is 3.60. The third-order valence-corrected chi connectivity index (χ3v) is 6.55. The number of nitrogens with zero attached hydrogens (tertiary/aromatic N) is 2. The zero-order valence-electron chi connectivity index (χ0n) is 19.1. The Morgan fingerprint density at radius 3 is 2.48 bits per heavy atom. The summed E-state index contributed by atoms with van der Waals surface area (Å²) in [5.41, 5.74) is 5.15. The minimum atomic E-state index is -0.221. The summed E-state index contributed by atoms with van der Waals surface area (Å²) in [4.78, 5) is 17.7. The van der Waals surface area contributed by atoms with Gasteiger partial charge >= 0.3 is 0 Å². The summed E-state index contributed by atoms with van der Waals surface area (Å²) in [6, 6.07) is 22.3. The van der Waals surface area contributed by atoms with Crippen LogP contribution in [0.15, 0.2) is 77.5 Å². The van der Waals surface area contributed by atoms with Crippen molar-refractivity contribution >= 4 is 5.91 Å². The molecule has 1 amide bonds. The fraction of sp³-hybridized carbons (Fsp3) is 0.286. The van der Waals surface area contributed by atoms with Crippen molar-refractivity contribution in [1.82, 2.24) is 14.9 Å². The summed E-state index contributed by atoms with van der Waals surface area (Å²) in [5, 5.41) is 3.04. The van der Waals surface area contributed by atoms with Crippen molar-refractivity contribution in [1.29, 1.82) is 0 Å². The van der Waals surface area contributed by atoms with Crippen molar-refractivity contribution in [3.8, 4) is 22.7 Å². The highest BCUT2D eigenvalue weighted by molar-refractivity contribution is 5.92. The number of furan rings is 1. The van der Waals surface area contributed by atoms with Crippen molar-refractivity contribution in [2.75, 3.05) is 0 Å². The van der Waals surface area contributed by atoms with E-state index in [4.69, 9.17) is 9.40 Å². The molecule has 5 heteroatoms. The Kier molecular flexibility index (Phi) is 5.86. The van der Waals surface area contributed by atoms with E-state index in [1.165, 1.54) is 18.4 Å². The van der Waals surface area contributed by atoms with Gasteiger partial charge in [-0.3, -0.25) is 4.79 Å². The lowest BCUT2D eigenvalue weighted by molar-refractivity contribution is 0.0912. The van der Waals surface area contributed by atoms with Gasteiger partial charge in [-0.15, -0.1) is 0 Å². The standard InChI is InChI=1S/C28H29N3O2/c1-19-12-14-22(15-13-19)26-27(31(18-29-26)23-10-6-7-11-23)24-16-17-25(33-24)28(32)30-20(2)21-8-4-3-5-9-21/h3-5,8-9,12-18,20,23H,6-7,10-11H2,1-2H3,(H,30,32)/t20-/m1/s1. The molecular formula is C28H29N3O2. The van der Waals surface area contributed by atoms with E-state index >= 15 is 0 Å². The van der Waals surface area contributed by atoms with Crippen LogP contribution in [0, 0.1) is 6.92 Å². The number of imidazole rings is 1. The third-order valence-electron chi connectivity index (χ3n) is 6.55. The normalized spacial score (nSPS) is 15.0. The van der Waals surface area contributed by atoms with Crippen LogP contribution in [0.2, 0.25) is 0 Å². The first-order valence-electron chi connectivity index (χ1n) is 11.7. The van der Waals surface area contributed by atoms with E-state index in [1.54, 1.807) is 6.07 Å². The molecule has 0 bridgehead atoms. The molecule has 0 radical (unpaired) electrons. The Bertz CT molecular complexity index is 1230. The van der Waals surface area contributed by atoms with Gasteiger partial charge in [0.25, 0.3) is 5.91 Å². The van der Waals surface area contributed by atoms with E-state index in [0.29, 0.717) is 17.6 Å². The molecule has 0 unspecified atom stereocenters. The summed E-state index contributed by atoms with van der Waals surface area (Å²) in [7, 11) is 0. The van der Waals surface area contributed by atoms with E-state index in [0.717, 1.165) is 35.4 Å². The second kappa shape index (κ2) is 9.10. The highest BCUT2D eigenvalue weighted by atomic mass is 16.4. The Morgan fingerprint density at radius 1 is 1.03 bits per heavy atom. The van der Waals surface area contributed by atoms with Crippen LogP contribution in [0.3, 0.4) is 0 Å². The average molecular weight is 440 g/mol. The number of hydrogen-bond donors (Lipinski definition) is 1. The number of nitrogens with one attached hydrogen (secondary N) is 1. The van der Waals surface area contributed by atoms with Gasteiger partial charge in [-0.1, -0.05) is 73.0 Å². The monoisotopic (exact) mass is 439 g/mol. The van der Waals surface area contributed by atoms with Crippen molar-refractivity contribution in [2.45, 2.75) is 51.6 Å². The molecule has 2 heterocycles. The molecule has 1 N–H and O–H groups in total. The molecule has 0 saturated heterocycles. The lowest BCUT2D eigenvalue weighted by Gasteiger charge is -2.15. The Morgan fingerprint density at radius 2 is 1.76 bits per heavy atom. The Hall–Kier alpha value is -3.60. The van der Waals surface area contributed by atoms with Gasteiger partial charge in [0, 0.05) is 11.6 Å². The van der Waals surface area contributed by atoms with Crippen LogP contribution < -0.4 is 5.32 Å².